The molecule has 1 aromatic carbocycles. The van der Waals surface area contributed by atoms with Crippen molar-refractivity contribution in [3.05, 3.63) is 47.5 Å². The summed E-state index contributed by atoms with van der Waals surface area (Å²) in [5.74, 6) is 1.01. The van der Waals surface area contributed by atoms with E-state index in [0.717, 1.165) is 10.6 Å². The molecule has 0 spiro atoms. The van der Waals surface area contributed by atoms with E-state index in [1.54, 1.807) is 28.9 Å². The number of fused-ring (bicyclic) bond motifs is 1. The van der Waals surface area contributed by atoms with Gasteiger partial charge in [0.25, 0.3) is 5.91 Å². The summed E-state index contributed by atoms with van der Waals surface area (Å²) in [7, 11) is -3.08. The highest BCUT2D eigenvalue weighted by Gasteiger charge is 2.32. The molecule has 8 nitrogen and oxygen atoms in total. The predicted octanol–water partition coefficient (Wildman–Crippen LogP) is 2.95. The molecule has 1 atom stereocenters. The maximum atomic E-state index is 12.8. The Kier molecular flexibility index (Phi) is 4.32. The minimum Gasteiger partial charge on any atom is -0.454 e. The number of hydrogen-bond acceptors (Lipinski definition) is 7. The molecule has 1 unspecified atom stereocenters. The summed E-state index contributed by atoms with van der Waals surface area (Å²) in [6, 6.07) is 10.4. The Morgan fingerprint density at radius 1 is 1.21 bits per heavy atom. The lowest BCUT2D eigenvalue weighted by Gasteiger charge is -2.12. The highest BCUT2D eigenvalue weighted by molar-refractivity contribution is 7.91. The maximum Gasteiger partial charge on any atom is 0.276 e. The first-order valence-corrected chi connectivity index (χ1v) is 11.7. The number of thiophene rings is 1. The van der Waals surface area contributed by atoms with Gasteiger partial charge in [0, 0.05) is 11.8 Å². The topological polar surface area (TPSA) is 99.5 Å². The first-order chi connectivity index (χ1) is 14.0. The summed E-state index contributed by atoms with van der Waals surface area (Å²) < 4.78 is 36.2. The van der Waals surface area contributed by atoms with Crippen molar-refractivity contribution in [3.63, 3.8) is 0 Å². The summed E-state index contributed by atoms with van der Waals surface area (Å²) >= 11 is 1.52. The number of anilines is 1. The zero-order chi connectivity index (χ0) is 20.0. The lowest BCUT2D eigenvalue weighted by atomic mass is 10.2. The number of amides is 1. The average Bonchev–Trinajstić information content (AvgIpc) is 3.46. The number of hydrogen-bond donors (Lipinski definition) is 1. The molecule has 4 heterocycles. The second kappa shape index (κ2) is 6.89. The first-order valence-electron chi connectivity index (χ1n) is 9.03. The van der Waals surface area contributed by atoms with E-state index in [-0.39, 0.29) is 35.9 Å². The van der Waals surface area contributed by atoms with Crippen LogP contribution in [0.1, 0.15) is 23.0 Å². The number of ether oxygens (including phenoxy) is 2. The van der Waals surface area contributed by atoms with Gasteiger partial charge in [-0.1, -0.05) is 6.07 Å². The zero-order valence-electron chi connectivity index (χ0n) is 15.2. The highest BCUT2D eigenvalue weighted by Crippen LogP contribution is 2.35. The van der Waals surface area contributed by atoms with Gasteiger partial charge >= 0.3 is 0 Å². The van der Waals surface area contributed by atoms with Crippen LogP contribution in [0.4, 0.5) is 5.69 Å². The fourth-order valence-electron chi connectivity index (χ4n) is 3.53. The summed E-state index contributed by atoms with van der Waals surface area (Å²) in [6.07, 6.45) is 0.492. The summed E-state index contributed by atoms with van der Waals surface area (Å²) in [5, 5.41) is 9.22. The third-order valence-corrected chi connectivity index (χ3v) is 7.57. The molecule has 29 heavy (non-hydrogen) atoms. The van der Waals surface area contributed by atoms with Crippen molar-refractivity contribution in [1.29, 1.82) is 0 Å². The molecule has 2 aliphatic rings. The van der Waals surface area contributed by atoms with Gasteiger partial charge < -0.3 is 14.8 Å². The molecule has 5 rings (SSSR count). The van der Waals surface area contributed by atoms with E-state index >= 15 is 0 Å². The number of rotatable bonds is 4. The number of carbonyl (C=O) groups excluding carboxylic acids is 1. The Morgan fingerprint density at radius 3 is 2.83 bits per heavy atom. The van der Waals surface area contributed by atoms with Gasteiger partial charge in [-0.25, -0.2) is 8.42 Å². The SMILES string of the molecule is O=C(Nc1ccc2c(c1)OCO2)c1cc(-c2cccs2)n(C2CCS(=O)(=O)C2)n1. The molecule has 0 bridgehead atoms. The molecule has 2 aromatic heterocycles. The Morgan fingerprint density at radius 2 is 2.07 bits per heavy atom. The number of nitrogens with one attached hydrogen (secondary N) is 1. The number of benzene rings is 1. The number of nitrogens with zero attached hydrogens (tertiary/aromatic N) is 2. The van der Waals surface area contributed by atoms with Crippen LogP contribution in [-0.2, 0) is 9.84 Å². The molecule has 10 heteroatoms. The molecule has 3 aromatic rings. The summed E-state index contributed by atoms with van der Waals surface area (Å²) in [5.41, 5.74) is 1.54. The van der Waals surface area contributed by atoms with Crippen LogP contribution in [-0.4, -0.2) is 42.4 Å². The van der Waals surface area contributed by atoms with Crippen molar-refractivity contribution in [1.82, 2.24) is 9.78 Å². The van der Waals surface area contributed by atoms with E-state index in [2.05, 4.69) is 10.4 Å². The standard InChI is InChI=1S/C19H17N3O5S2/c23-19(20-12-3-4-16-17(8-12)27-11-26-16)14-9-15(18-2-1-6-28-18)22(21-14)13-5-7-29(24,25)10-13/h1-4,6,8-9,13H,5,7,10-11H2,(H,20,23). The molecular weight excluding hydrogens is 414 g/mol. The van der Waals surface area contributed by atoms with Crippen molar-refractivity contribution >= 4 is 32.8 Å². The van der Waals surface area contributed by atoms with Crippen LogP contribution >= 0.6 is 11.3 Å². The molecule has 0 saturated carbocycles. The molecule has 1 fully saturated rings. The van der Waals surface area contributed by atoms with Crippen molar-refractivity contribution in [2.75, 3.05) is 23.6 Å². The van der Waals surface area contributed by atoms with Crippen molar-refractivity contribution in [2.24, 2.45) is 0 Å². The van der Waals surface area contributed by atoms with Crippen LogP contribution in [0.3, 0.4) is 0 Å². The van der Waals surface area contributed by atoms with Gasteiger partial charge in [0.2, 0.25) is 6.79 Å². The van der Waals surface area contributed by atoms with Gasteiger partial charge in [-0.05, 0) is 36.1 Å². The van der Waals surface area contributed by atoms with Gasteiger partial charge in [0.15, 0.2) is 27.0 Å². The number of carbonyl (C=O) groups is 1. The predicted molar refractivity (Wildman–Crippen MR) is 108 cm³/mol. The fraction of sp³-hybridized carbons (Fsp3) is 0.263. The van der Waals surface area contributed by atoms with E-state index in [4.69, 9.17) is 9.47 Å². The smallest absolute Gasteiger partial charge is 0.276 e. The van der Waals surface area contributed by atoms with Crippen LogP contribution in [0.2, 0.25) is 0 Å². The van der Waals surface area contributed by atoms with Crippen LogP contribution < -0.4 is 14.8 Å². The third kappa shape index (κ3) is 3.49. The summed E-state index contributed by atoms with van der Waals surface area (Å²) in [4.78, 5) is 13.8. The third-order valence-electron chi connectivity index (χ3n) is 4.93. The maximum absolute atomic E-state index is 12.8. The minimum atomic E-state index is -3.08. The molecule has 1 saturated heterocycles. The van der Waals surface area contributed by atoms with E-state index in [9.17, 15) is 13.2 Å². The van der Waals surface area contributed by atoms with Gasteiger partial charge in [-0.3, -0.25) is 9.48 Å². The average molecular weight is 431 g/mol. The van der Waals surface area contributed by atoms with E-state index in [1.165, 1.54) is 11.3 Å². The normalized spacial score (nSPS) is 19.4. The van der Waals surface area contributed by atoms with Gasteiger partial charge in [-0.2, -0.15) is 5.10 Å². The molecule has 0 aliphatic carbocycles. The molecule has 0 radical (unpaired) electrons. The Labute approximate surface area is 171 Å². The van der Waals surface area contributed by atoms with Gasteiger partial charge in [-0.15, -0.1) is 11.3 Å². The zero-order valence-corrected chi connectivity index (χ0v) is 16.8. The van der Waals surface area contributed by atoms with Crippen molar-refractivity contribution in [2.45, 2.75) is 12.5 Å². The van der Waals surface area contributed by atoms with Crippen LogP contribution in [0.15, 0.2) is 41.8 Å². The van der Waals surface area contributed by atoms with Crippen molar-refractivity contribution in [3.8, 4) is 22.1 Å². The molecule has 1 amide bonds. The second-order valence-corrected chi connectivity index (χ2v) is 10.1. The van der Waals surface area contributed by atoms with Crippen LogP contribution in [0.25, 0.3) is 10.6 Å². The Balaban J connectivity index is 1.45. The molecule has 150 valence electrons. The monoisotopic (exact) mass is 431 g/mol. The van der Waals surface area contributed by atoms with Crippen LogP contribution in [0, 0.1) is 0 Å². The van der Waals surface area contributed by atoms with Gasteiger partial charge in [0.05, 0.1) is 28.1 Å². The Hall–Kier alpha value is -2.85. The van der Waals surface area contributed by atoms with Crippen molar-refractivity contribution < 1.29 is 22.7 Å². The van der Waals surface area contributed by atoms with Gasteiger partial charge in [0.1, 0.15) is 0 Å². The largest absolute Gasteiger partial charge is 0.454 e. The number of aromatic nitrogens is 2. The number of sulfone groups is 1. The highest BCUT2D eigenvalue weighted by atomic mass is 32.2. The minimum absolute atomic E-state index is 0.0380. The second-order valence-electron chi connectivity index (χ2n) is 6.92. The summed E-state index contributed by atoms with van der Waals surface area (Å²) in [6.45, 7) is 0.158. The Bertz CT molecular complexity index is 1180. The van der Waals surface area contributed by atoms with Crippen LogP contribution in [0.5, 0.6) is 11.5 Å². The molecule has 1 N–H and O–H groups in total. The first kappa shape index (κ1) is 18.2. The molecule has 2 aliphatic heterocycles. The quantitative estimate of drug-likeness (QED) is 0.682. The van der Waals surface area contributed by atoms with E-state index < -0.39 is 9.84 Å². The lowest BCUT2D eigenvalue weighted by Crippen LogP contribution is -2.16. The fourth-order valence-corrected chi connectivity index (χ4v) is 5.96. The van der Waals surface area contributed by atoms with E-state index in [1.807, 2.05) is 17.5 Å². The lowest BCUT2D eigenvalue weighted by molar-refractivity contribution is 0.102. The van der Waals surface area contributed by atoms with E-state index in [0.29, 0.717) is 23.6 Å². The molecular formula is C19H17N3O5S2.